The lowest BCUT2D eigenvalue weighted by molar-refractivity contribution is -0.125. The summed E-state index contributed by atoms with van der Waals surface area (Å²) in [6, 6.07) is 8.21. The van der Waals surface area contributed by atoms with Crippen molar-refractivity contribution >= 4 is 28.1 Å². The highest BCUT2D eigenvalue weighted by molar-refractivity contribution is 7.13. The lowest BCUT2D eigenvalue weighted by atomic mass is 10.2. The van der Waals surface area contributed by atoms with Crippen LogP contribution in [0.15, 0.2) is 42.3 Å². The van der Waals surface area contributed by atoms with E-state index in [9.17, 15) is 4.79 Å². The predicted molar refractivity (Wildman–Crippen MR) is 106 cm³/mol. The number of rotatable bonds is 6. The van der Waals surface area contributed by atoms with Crippen molar-refractivity contribution in [3.8, 4) is 16.5 Å². The predicted octanol–water partition coefficient (Wildman–Crippen LogP) is 4.23. The zero-order chi connectivity index (χ0) is 18.8. The number of amides is 1. The summed E-state index contributed by atoms with van der Waals surface area (Å²) in [7, 11) is 3.77. The van der Waals surface area contributed by atoms with Crippen LogP contribution in [0.3, 0.4) is 0 Å². The van der Waals surface area contributed by atoms with Gasteiger partial charge in [-0.3, -0.25) is 4.79 Å². The molecule has 0 saturated heterocycles. The number of carbonyl (C=O) groups is 1. The first-order valence-corrected chi connectivity index (χ1v) is 9.36. The van der Waals surface area contributed by atoms with Gasteiger partial charge in [0.1, 0.15) is 10.8 Å². The Balaban J connectivity index is 1.95. The summed E-state index contributed by atoms with van der Waals surface area (Å²) in [5.41, 5.74) is 2.97. The van der Waals surface area contributed by atoms with E-state index in [-0.39, 0.29) is 12.0 Å². The number of nitrogens with zero attached hydrogens (tertiary/aromatic N) is 3. The van der Waals surface area contributed by atoms with Crippen LogP contribution in [0, 0.1) is 0 Å². The van der Waals surface area contributed by atoms with E-state index in [1.165, 1.54) is 6.08 Å². The van der Waals surface area contributed by atoms with Crippen LogP contribution in [-0.2, 0) is 18.4 Å². The van der Waals surface area contributed by atoms with Crippen molar-refractivity contribution in [3.63, 3.8) is 0 Å². The SMILES string of the molecule is C=CC(=O)N(C)Cc1csc(-c2cc3cccc(OC(C)C)c3n2C)n1. The van der Waals surface area contributed by atoms with E-state index in [1.54, 1.807) is 23.3 Å². The summed E-state index contributed by atoms with van der Waals surface area (Å²) in [5, 5.41) is 4.04. The Kier molecular flexibility index (Phi) is 5.13. The molecular weight excluding hydrogens is 346 g/mol. The molecule has 0 aliphatic heterocycles. The lowest BCUT2D eigenvalue weighted by Crippen LogP contribution is -2.24. The maximum absolute atomic E-state index is 11.7. The maximum Gasteiger partial charge on any atom is 0.246 e. The third-order valence-corrected chi connectivity index (χ3v) is 5.02. The number of aromatic nitrogens is 2. The maximum atomic E-state index is 11.7. The van der Waals surface area contributed by atoms with Gasteiger partial charge >= 0.3 is 0 Å². The first-order valence-electron chi connectivity index (χ1n) is 8.48. The van der Waals surface area contributed by atoms with Crippen molar-refractivity contribution in [2.45, 2.75) is 26.5 Å². The minimum atomic E-state index is -0.111. The molecule has 2 heterocycles. The average Bonchev–Trinajstić information content (AvgIpc) is 3.18. The topological polar surface area (TPSA) is 47.4 Å². The fraction of sp³-hybridized carbons (Fsp3) is 0.300. The summed E-state index contributed by atoms with van der Waals surface area (Å²) < 4.78 is 8.08. The molecule has 1 aromatic carbocycles. The monoisotopic (exact) mass is 369 g/mol. The fourth-order valence-corrected chi connectivity index (χ4v) is 3.77. The van der Waals surface area contributed by atoms with Crippen LogP contribution in [0.4, 0.5) is 0 Å². The summed E-state index contributed by atoms with van der Waals surface area (Å²) in [5.74, 6) is 0.763. The van der Waals surface area contributed by atoms with Crippen molar-refractivity contribution in [1.29, 1.82) is 0 Å². The number of benzene rings is 1. The number of hydrogen-bond donors (Lipinski definition) is 0. The molecule has 0 spiro atoms. The van der Waals surface area contributed by atoms with Gasteiger partial charge in [-0.1, -0.05) is 18.7 Å². The van der Waals surface area contributed by atoms with Crippen LogP contribution < -0.4 is 4.74 Å². The Labute approximate surface area is 157 Å². The van der Waals surface area contributed by atoms with E-state index in [0.29, 0.717) is 6.54 Å². The first-order chi connectivity index (χ1) is 12.4. The number of ether oxygens (including phenoxy) is 1. The van der Waals surface area contributed by atoms with Crippen molar-refractivity contribution in [2.24, 2.45) is 7.05 Å². The van der Waals surface area contributed by atoms with Crippen molar-refractivity contribution < 1.29 is 9.53 Å². The van der Waals surface area contributed by atoms with Gasteiger partial charge in [0.25, 0.3) is 0 Å². The molecule has 0 atom stereocenters. The summed E-state index contributed by atoms with van der Waals surface area (Å²) in [6.45, 7) is 8.03. The number of aryl methyl sites for hydroxylation is 1. The highest BCUT2D eigenvalue weighted by Gasteiger charge is 2.16. The molecule has 2 aromatic heterocycles. The van der Waals surface area contributed by atoms with E-state index in [2.05, 4.69) is 23.3 Å². The smallest absolute Gasteiger partial charge is 0.246 e. The molecule has 0 aliphatic carbocycles. The zero-order valence-electron chi connectivity index (χ0n) is 15.5. The van der Waals surface area contributed by atoms with Gasteiger partial charge in [0.05, 0.1) is 29.6 Å². The second kappa shape index (κ2) is 7.33. The third kappa shape index (κ3) is 3.51. The lowest BCUT2D eigenvalue weighted by Gasteiger charge is -2.13. The number of carbonyl (C=O) groups excluding carboxylic acids is 1. The van der Waals surface area contributed by atoms with Crippen molar-refractivity contribution in [3.05, 3.63) is 48.0 Å². The first kappa shape index (κ1) is 18.2. The third-order valence-electron chi connectivity index (χ3n) is 4.10. The molecule has 0 saturated carbocycles. The summed E-state index contributed by atoms with van der Waals surface area (Å²) in [6.07, 6.45) is 1.43. The number of para-hydroxylation sites is 1. The van der Waals surface area contributed by atoms with Crippen LogP contribution in [0.2, 0.25) is 0 Å². The largest absolute Gasteiger partial charge is 0.489 e. The van der Waals surface area contributed by atoms with Crippen LogP contribution in [0.5, 0.6) is 5.75 Å². The Hall–Kier alpha value is -2.60. The van der Waals surface area contributed by atoms with Gasteiger partial charge in [-0.05, 0) is 32.1 Å². The van der Waals surface area contributed by atoms with Gasteiger partial charge in [0.15, 0.2) is 0 Å². The van der Waals surface area contributed by atoms with Gasteiger partial charge in [-0.15, -0.1) is 11.3 Å². The number of likely N-dealkylation sites (N-methyl/N-ethyl adjacent to an activating group) is 1. The number of hydrogen-bond acceptors (Lipinski definition) is 4. The van der Waals surface area contributed by atoms with Crippen LogP contribution >= 0.6 is 11.3 Å². The van der Waals surface area contributed by atoms with Crippen LogP contribution in [0.1, 0.15) is 19.5 Å². The molecule has 0 fully saturated rings. The van der Waals surface area contributed by atoms with E-state index in [4.69, 9.17) is 9.72 Å². The minimum Gasteiger partial charge on any atom is -0.489 e. The van der Waals surface area contributed by atoms with E-state index < -0.39 is 0 Å². The van der Waals surface area contributed by atoms with Gasteiger partial charge in [-0.25, -0.2) is 4.98 Å². The minimum absolute atomic E-state index is 0.111. The van der Waals surface area contributed by atoms with E-state index >= 15 is 0 Å². The molecule has 3 rings (SSSR count). The molecule has 0 aliphatic rings. The zero-order valence-corrected chi connectivity index (χ0v) is 16.3. The Morgan fingerprint density at radius 1 is 1.46 bits per heavy atom. The van der Waals surface area contributed by atoms with Gasteiger partial charge < -0.3 is 14.2 Å². The molecule has 6 heteroatoms. The quantitative estimate of drug-likeness (QED) is 0.611. The second-order valence-corrected chi connectivity index (χ2v) is 7.35. The molecule has 136 valence electrons. The molecule has 1 amide bonds. The molecule has 26 heavy (non-hydrogen) atoms. The number of thiazole rings is 1. The highest BCUT2D eigenvalue weighted by atomic mass is 32.1. The Morgan fingerprint density at radius 2 is 2.23 bits per heavy atom. The van der Waals surface area contributed by atoms with E-state index in [1.807, 2.05) is 38.4 Å². The second-order valence-electron chi connectivity index (χ2n) is 6.49. The Bertz CT molecular complexity index is 955. The molecule has 0 N–H and O–H groups in total. The molecular formula is C20H23N3O2S. The standard InChI is InChI=1S/C20H23N3O2S/c1-6-18(24)22(4)11-15-12-26-20(21-15)16-10-14-8-7-9-17(25-13(2)3)19(14)23(16)5/h6-10,12-13H,1,11H2,2-5H3. The molecule has 3 aromatic rings. The molecule has 5 nitrogen and oxygen atoms in total. The molecule has 0 bridgehead atoms. The molecule has 0 unspecified atom stereocenters. The van der Waals surface area contributed by atoms with E-state index in [0.717, 1.165) is 33.0 Å². The average molecular weight is 369 g/mol. The van der Waals surface area contributed by atoms with Gasteiger partial charge in [-0.2, -0.15) is 0 Å². The summed E-state index contributed by atoms with van der Waals surface area (Å²) >= 11 is 1.58. The highest BCUT2D eigenvalue weighted by Crippen LogP contribution is 2.34. The van der Waals surface area contributed by atoms with Crippen molar-refractivity contribution in [1.82, 2.24) is 14.5 Å². The normalized spacial score (nSPS) is 11.1. The van der Waals surface area contributed by atoms with Gasteiger partial charge in [0, 0.05) is 24.9 Å². The van der Waals surface area contributed by atoms with Crippen LogP contribution in [-0.4, -0.2) is 33.5 Å². The van der Waals surface area contributed by atoms with Crippen molar-refractivity contribution in [2.75, 3.05) is 7.05 Å². The fourth-order valence-electron chi connectivity index (χ4n) is 2.91. The van der Waals surface area contributed by atoms with Gasteiger partial charge in [0.2, 0.25) is 5.91 Å². The molecule has 0 radical (unpaired) electrons. The summed E-state index contributed by atoms with van der Waals surface area (Å²) in [4.78, 5) is 18.0. The van der Waals surface area contributed by atoms with Crippen LogP contribution in [0.25, 0.3) is 21.6 Å². The number of fused-ring (bicyclic) bond motifs is 1. The Morgan fingerprint density at radius 3 is 2.92 bits per heavy atom.